The van der Waals surface area contributed by atoms with Crippen molar-refractivity contribution in [2.75, 3.05) is 19.6 Å². The molecule has 1 aromatic carbocycles. The lowest BCUT2D eigenvalue weighted by Crippen LogP contribution is -2.49. The van der Waals surface area contributed by atoms with E-state index in [9.17, 15) is 18.8 Å². The molecule has 0 aliphatic carbocycles. The lowest BCUT2D eigenvalue weighted by molar-refractivity contribution is -0.134. The largest absolute Gasteiger partial charge is 0.342 e. The summed E-state index contributed by atoms with van der Waals surface area (Å²) in [6.07, 6.45) is 2.64. The highest BCUT2D eigenvalue weighted by Crippen LogP contribution is 2.36. The smallest absolute Gasteiger partial charge is 0.266 e. The third-order valence-corrected chi connectivity index (χ3v) is 7.82. The minimum atomic E-state index is -0.405. The van der Waals surface area contributed by atoms with Crippen molar-refractivity contribution in [1.82, 2.24) is 14.4 Å². The summed E-state index contributed by atoms with van der Waals surface area (Å²) in [5.74, 6) is -0.331. The number of benzene rings is 1. The number of carbonyl (C=O) groups excluding carboxylic acids is 2. The van der Waals surface area contributed by atoms with E-state index in [-0.39, 0.29) is 42.2 Å². The van der Waals surface area contributed by atoms with Gasteiger partial charge in [-0.3, -0.25) is 19.3 Å². The average Bonchev–Trinajstić information content (AvgIpc) is 3.06. The van der Waals surface area contributed by atoms with Gasteiger partial charge in [-0.15, -0.1) is 0 Å². The third kappa shape index (κ3) is 4.27. The fraction of sp³-hybridized carbons (Fsp3) is 0.333. The van der Waals surface area contributed by atoms with Crippen LogP contribution in [-0.2, 0) is 16.1 Å². The first kappa shape index (κ1) is 22.0. The van der Waals surface area contributed by atoms with Gasteiger partial charge in [0.15, 0.2) is 0 Å². The van der Waals surface area contributed by atoms with Crippen molar-refractivity contribution < 1.29 is 14.0 Å². The molecule has 2 amide bonds. The fourth-order valence-corrected chi connectivity index (χ4v) is 6.19. The number of aromatic nitrogens is 1. The number of thiocarbonyl (C=S) groups is 1. The molecule has 170 valence electrons. The first-order valence-electron chi connectivity index (χ1n) is 10.9. The summed E-state index contributed by atoms with van der Waals surface area (Å²) in [5.41, 5.74) is 1.33. The molecule has 0 N–H and O–H groups in total. The van der Waals surface area contributed by atoms with Gasteiger partial charge in [-0.1, -0.05) is 48.2 Å². The molecule has 6 nitrogen and oxygen atoms in total. The number of pyridine rings is 1. The Morgan fingerprint density at radius 2 is 1.94 bits per heavy atom. The highest BCUT2D eigenvalue weighted by atomic mass is 32.2. The van der Waals surface area contributed by atoms with Gasteiger partial charge in [0.1, 0.15) is 10.1 Å². The Hall–Kier alpha value is -2.78. The van der Waals surface area contributed by atoms with E-state index in [1.54, 1.807) is 30.3 Å². The van der Waals surface area contributed by atoms with E-state index in [2.05, 4.69) is 0 Å². The highest BCUT2D eigenvalue weighted by Gasteiger charge is 2.37. The van der Waals surface area contributed by atoms with Crippen molar-refractivity contribution in [3.05, 3.63) is 74.8 Å². The van der Waals surface area contributed by atoms with Crippen LogP contribution < -0.4 is 5.56 Å². The molecule has 3 aliphatic heterocycles. The molecule has 5 rings (SSSR count). The second kappa shape index (κ2) is 8.87. The number of piperidine rings is 1. The van der Waals surface area contributed by atoms with Gasteiger partial charge in [-0.25, -0.2) is 4.39 Å². The number of halogens is 1. The van der Waals surface area contributed by atoms with Crippen molar-refractivity contribution in [3.8, 4) is 0 Å². The Kier molecular flexibility index (Phi) is 5.92. The predicted octanol–water partition coefficient (Wildman–Crippen LogP) is 3.22. The molecule has 0 spiro atoms. The maximum Gasteiger partial charge on any atom is 0.266 e. The van der Waals surface area contributed by atoms with Gasteiger partial charge in [0, 0.05) is 55.8 Å². The number of fused-ring (bicyclic) bond motifs is 4. The second-order valence-corrected chi connectivity index (χ2v) is 10.3. The molecule has 2 atom stereocenters. The summed E-state index contributed by atoms with van der Waals surface area (Å²) < 4.78 is 16.2. The van der Waals surface area contributed by atoms with Crippen LogP contribution in [0.4, 0.5) is 4.39 Å². The Balaban J connectivity index is 1.24. The molecule has 2 fully saturated rings. The van der Waals surface area contributed by atoms with Crippen LogP contribution in [0.2, 0.25) is 0 Å². The monoisotopic (exact) mass is 483 g/mol. The predicted molar refractivity (Wildman–Crippen MR) is 129 cm³/mol. The molecule has 1 aromatic heterocycles. The third-order valence-electron chi connectivity index (χ3n) is 6.45. The van der Waals surface area contributed by atoms with Crippen LogP contribution in [0.1, 0.15) is 30.0 Å². The Bertz CT molecular complexity index is 1240. The zero-order chi connectivity index (χ0) is 23.1. The maximum atomic E-state index is 14.0. The molecule has 0 saturated carbocycles. The maximum absolute atomic E-state index is 14.0. The topological polar surface area (TPSA) is 62.6 Å². The van der Waals surface area contributed by atoms with E-state index in [0.717, 1.165) is 23.9 Å². The SMILES string of the molecule is O=C(CCN1C(=O)/C(=C\c2ccccc2F)SC1=S)N1C[C@H]2C[C@@H](C1)c1cccc(=O)n1C2. The van der Waals surface area contributed by atoms with Gasteiger partial charge in [-0.2, -0.15) is 0 Å². The number of hydrogen-bond acceptors (Lipinski definition) is 5. The molecule has 3 aliphatic rings. The number of hydrogen-bond donors (Lipinski definition) is 0. The number of thioether (sulfide) groups is 1. The van der Waals surface area contributed by atoms with Gasteiger partial charge in [0.2, 0.25) is 5.91 Å². The number of rotatable bonds is 4. The standard InChI is InChI=1S/C24H22FN3O3S2/c25-18-5-2-1-4-16(18)11-20-23(31)27(24(32)33-20)9-8-21(29)26-12-15-10-17(14-26)19-6-3-7-22(30)28(19)13-15/h1-7,11,15,17H,8-10,12-14H2/b20-11+/t15-,17+/m1/s1. The summed E-state index contributed by atoms with van der Waals surface area (Å²) in [5, 5.41) is 0. The number of amides is 2. The molecule has 2 saturated heterocycles. The first-order chi connectivity index (χ1) is 15.9. The molecule has 2 aromatic rings. The van der Waals surface area contributed by atoms with Gasteiger partial charge in [0.25, 0.3) is 11.5 Å². The summed E-state index contributed by atoms with van der Waals surface area (Å²) in [7, 11) is 0. The van der Waals surface area contributed by atoms with E-state index in [0.29, 0.717) is 34.4 Å². The molecular weight excluding hydrogens is 461 g/mol. The highest BCUT2D eigenvalue weighted by molar-refractivity contribution is 8.26. The number of likely N-dealkylation sites (tertiary alicyclic amines) is 1. The van der Waals surface area contributed by atoms with Gasteiger partial charge < -0.3 is 9.47 Å². The molecule has 0 radical (unpaired) electrons. The minimum Gasteiger partial charge on any atom is -0.342 e. The molecule has 4 heterocycles. The first-order valence-corrected chi connectivity index (χ1v) is 12.1. The molecular formula is C24H22FN3O3S2. The van der Waals surface area contributed by atoms with Gasteiger partial charge in [-0.05, 0) is 30.5 Å². The fourth-order valence-electron chi connectivity index (χ4n) is 4.89. The summed E-state index contributed by atoms with van der Waals surface area (Å²) in [6.45, 7) is 2.01. The van der Waals surface area contributed by atoms with Crippen LogP contribution in [0.15, 0.2) is 52.2 Å². The van der Waals surface area contributed by atoms with E-state index in [4.69, 9.17) is 12.2 Å². The second-order valence-electron chi connectivity index (χ2n) is 8.60. The van der Waals surface area contributed by atoms with E-state index in [1.807, 2.05) is 15.5 Å². The Labute approximate surface area is 200 Å². The normalized spacial score (nSPS) is 23.2. The summed E-state index contributed by atoms with van der Waals surface area (Å²) >= 11 is 6.47. The van der Waals surface area contributed by atoms with Crippen LogP contribution >= 0.6 is 24.0 Å². The minimum absolute atomic E-state index is 0.0137. The van der Waals surface area contributed by atoms with Crippen molar-refractivity contribution in [2.24, 2.45) is 5.92 Å². The Morgan fingerprint density at radius 3 is 2.76 bits per heavy atom. The molecule has 2 bridgehead atoms. The van der Waals surface area contributed by atoms with E-state index >= 15 is 0 Å². The molecule has 33 heavy (non-hydrogen) atoms. The van der Waals surface area contributed by atoms with Crippen molar-refractivity contribution >= 4 is 46.2 Å². The quantitative estimate of drug-likeness (QED) is 0.494. The van der Waals surface area contributed by atoms with Crippen molar-refractivity contribution in [3.63, 3.8) is 0 Å². The van der Waals surface area contributed by atoms with Crippen LogP contribution in [-0.4, -0.2) is 50.1 Å². The van der Waals surface area contributed by atoms with Crippen LogP contribution in [0, 0.1) is 11.7 Å². The lowest BCUT2D eigenvalue weighted by atomic mass is 9.83. The van der Waals surface area contributed by atoms with Crippen LogP contribution in [0.3, 0.4) is 0 Å². The van der Waals surface area contributed by atoms with Gasteiger partial charge in [0.05, 0.1) is 4.91 Å². The van der Waals surface area contributed by atoms with Gasteiger partial charge >= 0.3 is 0 Å². The van der Waals surface area contributed by atoms with E-state index in [1.165, 1.54) is 17.0 Å². The summed E-state index contributed by atoms with van der Waals surface area (Å²) in [4.78, 5) is 41.6. The average molecular weight is 484 g/mol. The van der Waals surface area contributed by atoms with E-state index < -0.39 is 5.82 Å². The zero-order valence-corrected chi connectivity index (χ0v) is 19.4. The number of carbonyl (C=O) groups is 2. The molecule has 9 heteroatoms. The van der Waals surface area contributed by atoms with Crippen LogP contribution in [0.5, 0.6) is 0 Å². The zero-order valence-electron chi connectivity index (χ0n) is 17.8. The van der Waals surface area contributed by atoms with Crippen LogP contribution in [0.25, 0.3) is 6.08 Å². The van der Waals surface area contributed by atoms with Crippen molar-refractivity contribution in [2.45, 2.75) is 25.3 Å². The van der Waals surface area contributed by atoms with Crippen molar-refractivity contribution in [1.29, 1.82) is 0 Å². The lowest BCUT2D eigenvalue weighted by Gasteiger charge is -2.42. The number of nitrogens with zero attached hydrogens (tertiary/aromatic N) is 3. The molecule has 0 unspecified atom stereocenters. The summed E-state index contributed by atoms with van der Waals surface area (Å²) in [6, 6.07) is 11.6. The Morgan fingerprint density at radius 1 is 1.12 bits per heavy atom.